The summed E-state index contributed by atoms with van der Waals surface area (Å²) in [4.78, 5) is 14.1. The minimum Gasteiger partial charge on any atom is -0.468 e. The third-order valence-electron chi connectivity index (χ3n) is 3.45. The van der Waals surface area contributed by atoms with E-state index in [0.717, 1.165) is 29.4 Å². The molecule has 0 saturated carbocycles. The number of carbonyl (C=O) groups excluding carboxylic acids is 1. The Labute approximate surface area is 125 Å². The molecule has 21 heavy (non-hydrogen) atoms. The van der Waals surface area contributed by atoms with Crippen molar-refractivity contribution in [3.8, 4) is 0 Å². The van der Waals surface area contributed by atoms with E-state index in [0.29, 0.717) is 0 Å². The van der Waals surface area contributed by atoms with E-state index in [1.165, 1.54) is 7.11 Å². The zero-order valence-electron chi connectivity index (χ0n) is 12.8. The van der Waals surface area contributed by atoms with E-state index in [1.54, 1.807) is 0 Å². The lowest BCUT2D eigenvalue weighted by atomic mass is 10.0. The second-order valence-corrected chi connectivity index (χ2v) is 5.32. The molecular formula is C17H22N2O2. The molecule has 0 amide bonds. The SMILES string of the molecule is COC(=O)C(NCCN(C)C)c1ccc2ccccc2c1. The molecule has 0 aromatic heterocycles. The number of rotatable bonds is 6. The average molecular weight is 286 g/mol. The van der Waals surface area contributed by atoms with E-state index >= 15 is 0 Å². The highest BCUT2D eigenvalue weighted by molar-refractivity contribution is 5.85. The maximum Gasteiger partial charge on any atom is 0.327 e. The van der Waals surface area contributed by atoms with E-state index < -0.39 is 6.04 Å². The monoisotopic (exact) mass is 286 g/mol. The number of likely N-dealkylation sites (N-methyl/N-ethyl adjacent to an activating group) is 1. The van der Waals surface area contributed by atoms with Gasteiger partial charge in [0.05, 0.1) is 7.11 Å². The molecule has 4 heteroatoms. The van der Waals surface area contributed by atoms with Crippen LogP contribution in [0.1, 0.15) is 11.6 Å². The van der Waals surface area contributed by atoms with Gasteiger partial charge in [0.1, 0.15) is 6.04 Å². The highest BCUT2D eigenvalue weighted by Gasteiger charge is 2.20. The van der Waals surface area contributed by atoms with Crippen LogP contribution in [-0.2, 0) is 9.53 Å². The Morgan fingerprint density at radius 2 is 1.90 bits per heavy atom. The number of carbonyl (C=O) groups is 1. The summed E-state index contributed by atoms with van der Waals surface area (Å²) in [5, 5.41) is 5.55. The first-order valence-corrected chi connectivity index (χ1v) is 7.06. The lowest BCUT2D eigenvalue weighted by molar-refractivity contribution is -0.143. The highest BCUT2D eigenvalue weighted by Crippen LogP contribution is 2.21. The molecule has 1 atom stereocenters. The van der Waals surface area contributed by atoms with Gasteiger partial charge in [0.25, 0.3) is 0 Å². The Morgan fingerprint density at radius 3 is 2.57 bits per heavy atom. The minimum absolute atomic E-state index is 0.260. The summed E-state index contributed by atoms with van der Waals surface area (Å²) in [6, 6.07) is 13.7. The zero-order chi connectivity index (χ0) is 15.2. The lowest BCUT2D eigenvalue weighted by Gasteiger charge is -2.19. The van der Waals surface area contributed by atoms with Crippen molar-refractivity contribution in [2.24, 2.45) is 0 Å². The average Bonchev–Trinajstić information content (AvgIpc) is 2.50. The summed E-state index contributed by atoms with van der Waals surface area (Å²) in [6.45, 7) is 1.58. The molecule has 0 heterocycles. The molecule has 112 valence electrons. The van der Waals surface area contributed by atoms with Crippen molar-refractivity contribution in [1.29, 1.82) is 0 Å². The van der Waals surface area contributed by atoms with Crippen LogP contribution in [-0.4, -0.2) is 45.2 Å². The molecule has 2 aromatic carbocycles. The van der Waals surface area contributed by atoms with Crippen LogP contribution in [0.5, 0.6) is 0 Å². The van der Waals surface area contributed by atoms with Gasteiger partial charge in [-0.1, -0.05) is 36.4 Å². The molecule has 0 aliphatic rings. The van der Waals surface area contributed by atoms with Gasteiger partial charge in [-0.3, -0.25) is 5.32 Å². The summed E-state index contributed by atoms with van der Waals surface area (Å²) >= 11 is 0. The smallest absolute Gasteiger partial charge is 0.327 e. The molecular weight excluding hydrogens is 264 g/mol. The molecule has 0 fully saturated rings. The first-order chi connectivity index (χ1) is 10.1. The number of ether oxygens (including phenoxy) is 1. The number of nitrogens with one attached hydrogen (secondary N) is 1. The third kappa shape index (κ3) is 4.03. The van der Waals surface area contributed by atoms with Gasteiger partial charge in [0.2, 0.25) is 0 Å². The van der Waals surface area contributed by atoms with Crippen LogP contribution < -0.4 is 5.32 Å². The largest absolute Gasteiger partial charge is 0.468 e. The van der Waals surface area contributed by atoms with Crippen LogP contribution in [0.25, 0.3) is 10.8 Å². The number of hydrogen-bond acceptors (Lipinski definition) is 4. The van der Waals surface area contributed by atoms with Gasteiger partial charge in [-0.25, -0.2) is 4.79 Å². The van der Waals surface area contributed by atoms with Crippen LogP contribution >= 0.6 is 0 Å². The van der Waals surface area contributed by atoms with Gasteiger partial charge in [-0.15, -0.1) is 0 Å². The molecule has 0 aliphatic heterocycles. The van der Waals surface area contributed by atoms with Crippen molar-refractivity contribution >= 4 is 16.7 Å². The molecule has 1 unspecified atom stereocenters. The molecule has 2 rings (SSSR count). The van der Waals surface area contributed by atoms with Gasteiger partial charge in [-0.05, 0) is 36.5 Å². The van der Waals surface area contributed by atoms with Crippen molar-refractivity contribution in [3.63, 3.8) is 0 Å². The molecule has 0 aliphatic carbocycles. The number of benzene rings is 2. The summed E-state index contributed by atoms with van der Waals surface area (Å²) in [5.41, 5.74) is 0.930. The Balaban J connectivity index is 2.23. The van der Waals surface area contributed by atoms with Gasteiger partial charge >= 0.3 is 5.97 Å². The second kappa shape index (κ2) is 7.20. The van der Waals surface area contributed by atoms with Crippen molar-refractivity contribution in [1.82, 2.24) is 10.2 Å². The fraction of sp³-hybridized carbons (Fsp3) is 0.353. The Morgan fingerprint density at radius 1 is 1.19 bits per heavy atom. The van der Waals surface area contributed by atoms with Crippen LogP contribution in [0.15, 0.2) is 42.5 Å². The van der Waals surface area contributed by atoms with E-state index in [4.69, 9.17) is 4.74 Å². The van der Waals surface area contributed by atoms with Gasteiger partial charge in [0.15, 0.2) is 0 Å². The van der Waals surface area contributed by atoms with E-state index in [2.05, 4.69) is 16.3 Å². The van der Waals surface area contributed by atoms with Crippen molar-refractivity contribution in [2.45, 2.75) is 6.04 Å². The fourth-order valence-corrected chi connectivity index (χ4v) is 2.27. The standard InChI is InChI=1S/C17H22N2O2/c1-19(2)11-10-18-16(17(20)21-3)15-9-8-13-6-4-5-7-14(13)12-15/h4-9,12,16,18H,10-11H2,1-3H3. The summed E-state index contributed by atoms with van der Waals surface area (Å²) in [7, 11) is 5.43. The molecule has 0 radical (unpaired) electrons. The first kappa shape index (κ1) is 15.5. The number of esters is 1. The maximum absolute atomic E-state index is 12.0. The molecule has 0 saturated heterocycles. The van der Waals surface area contributed by atoms with Crippen LogP contribution in [0.4, 0.5) is 0 Å². The van der Waals surface area contributed by atoms with Crippen LogP contribution in [0.3, 0.4) is 0 Å². The Hall–Kier alpha value is -1.91. The predicted molar refractivity (Wildman–Crippen MR) is 85.3 cm³/mol. The summed E-state index contributed by atoms with van der Waals surface area (Å²) in [6.07, 6.45) is 0. The molecule has 2 aromatic rings. The number of hydrogen-bond donors (Lipinski definition) is 1. The van der Waals surface area contributed by atoms with Crippen LogP contribution in [0.2, 0.25) is 0 Å². The van der Waals surface area contributed by atoms with Gasteiger partial charge < -0.3 is 9.64 Å². The topological polar surface area (TPSA) is 41.6 Å². The van der Waals surface area contributed by atoms with E-state index in [-0.39, 0.29) is 5.97 Å². The van der Waals surface area contributed by atoms with Crippen molar-refractivity contribution in [2.75, 3.05) is 34.3 Å². The number of fused-ring (bicyclic) bond motifs is 1. The molecule has 0 bridgehead atoms. The van der Waals surface area contributed by atoms with E-state index in [9.17, 15) is 4.79 Å². The van der Waals surface area contributed by atoms with Crippen molar-refractivity contribution < 1.29 is 9.53 Å². The van der Waals surface area contributed by atoms with Gasteiger partial charge in [-0.2, -0.15) is 0 Å². The quantitative estimate of drug-likeness (QED) is 0.827. The third-order valence-corrected chi connectivity index (χ3v) is 3.45. The van der Waals surface area contributed by atoms with Crippen LogP contribution in [0, 0.1) is 0 Å². The molecule has 4 nitrogen and oxygen atoms in total. The molecule has 0 spiro atoms. The maximum atomic E-state index is 12.0. The minimum atomic E-state index is -0.431. The summed E-state index contributed by atoms with van der Waals surface area (Å²) in [5.74, 6) is -0.260. The fourth-order valence-electron chi connectivity index (χ4n) is 2.27. The van der Waals surface area contributed by atoms with Gasteiger partial charge in [0, 0.05) is 13.1 Å². The molecule has 1 N–H and O–H groups in total. The predicted octanol–water partition coefficient (Wildman–Crippen LogP) is 2.21. The lowest BCUT2D eigenvalue weighted by Crippen LogP contribution is -2.34. The van der Waals surface area contributed by atoms with E-state index in [1.807, 2.05) is 50.5 Å². The highest BCUT2D eigenvalue weighted by atomic mass is 16.5. The normalized spacial score (nSPS) is 12.6. The first-order valence-electron chi connectivity index (χ1n) is 7.06. The number of nitrogens with zero attached hydrogens (tertiary/aromatic N) is 1. The zero-order valence-corrected chi connectivity index (χ0v) is 12.8. The number of methoxy groups -OCH3 is 1. The second-order valence-electron chi connectivity index (χ2n) is 5.32. The summed E-state index contributed by atoms with van der Waals surface area (Å²) < 4.78 is 4.92. The Kier molecular flexibility index (Phi) is 5.31. The van der Waals surface area contributed by atoms with Crippen molar-refractivity contribution in [3.05, 3.63) is 48.0 Å². The Bertz CT molecular complexity index is 611.